The zero-order valence-electron chi connectivity index (χ0n) is 8.37. The molecule has 0 unspecified atom stereocenters. The van der Waals surface area contributed by atoms with Crippen molar-refractivity contribution < 1.29 is 4.79 Å². The quantitative estimate of drug-likeness (QED) is 0.635. The molecule has 78 valence electrons. The molecule has 1 amide bonds. The Kier molecular flexibility index (Phi) is 2.29. The second-order valence-corrected chi connectivity index (χ2v) is 3.24. The van der Waals surface area contributed by atoms with E-state index in [0.717, 1.165) is 10.9 Å². The summed E-state index contributed by atoms with van der Waals surface area (Å²) < 4.78 is 0. The summed E-state index contributed by atoms with van der Waals surface area (Å²) in [5.74, 6) is -0.186. The predicted molar refractivity (Wildman–Crippen MR) is 58.5 cm³/mol. The number of nitrogen functional groups attached to an aromatic ring is 1. The number of aromatic nitrogens is 2. The molecule has 5 heteroatoms. The third kappa shape index (κ3) is 1.63. The number of nitrogens with one attached hydrogen (secondary N) is 2. The number of rotatable bonds is 2. The van der Waals surface area contributed by atoms with Crippen LogP contribution in [0.25, 0.3) is 10.9 Å². The Morgan fingerprint density at radius 3 is 3.13 bits per heavy atom. The molecule has 0 fully saturated rings. The molecule has 1 aromatic carbocycles. The van der Waals surface area contributed by atoms with Crippen molar-refractivity contribution in [1.82, 2.24) is 15.5 Å². The van der Waals surface area contributed by atoms with E-state index in [9.17, 15) is 4.79 Å². The van der Waals surface area contributed by atoms with Gasteiger partial charge in [0.1, 0.15) is 0 Å². The number of hydrogen-bond acceptors (Lipinski definition) is 3. The fraction of sp³-hybridized carbons (Fsp3) is 0.200. The van der Waals surface area contributed by atoms with Gasteiger partial charge in [-0.15, -0.1) is 0 Å². The molecule has 0 saturated carbocycles. The van der Waals surface area contributed by atoms with Crippen LogP contribution < -0.4 is 11.1 Å². The summed E-state index contributed by atoms with van der Waals surface area (Å²) in [4.78, 5) is 11.6. The van der Waals surface area contributed by atoms with Gasteiger partial charge in [-0.2, -0.15) is 5.10 Å². The van der Waals surface area contributed by atoms with Gasteiger partial charge in [-0.1, -0.05) is 0 Å². The second-order valence-electron chi connectivity index (χ2n) is 3.24. The average molecular weight is 204 g/mol. The van der Waals surface area contributed by atoms with E-state index in [4.69, 9.17) is 5.73 Å². The van der Waals surface area contributed by atoms with Gasteiger partial charge < -0.3 is 11.1 Å². The molecule has 5 nitrogen and oxygen atoms in total. The summed E-state index contributed by atoms with van der Waals surface area (Å²) in [7, 11) is 0. The molecular formula is C10H12N4O. The number of carbonyl (C=O) groups is 1. The lowest BCUT2D eigenvalue weighted by Crippen LogP contribution is -2.23. The number of fused-ring (bicyclic) bond motifs is 1. The Morgan fingerprint density at radius 2 is 2.40 bits per heavy atom. The second kappa shape index (κ2) is 3.61. The van der Waals surface area contributed by atoms with Gasteiger partial charge in [-0.3, -0.25) is 9.89 Å². The fourth-order valence-corrected chi connectivity index (χ4v) is 1.45. The van der Waals surface area contributed by atoms with Crippen LogP contribution in [0.3, 0.4) is 0 Å². The lowest BCUT2D eigenvalue weighted by atomic mass is 10.2. The minimum atomic E-state index is -0.186. The summed E-state index contributed by atoms with van der Waals surface area (Å²) >= 11 is 0. The SMILES string of the molecule is CCNC(=O)c1n[nH]c2ccc(N)cc12. The molecule has 2 aromatic rings. The molecule has 0 saturated heterocycles. The summed E-state index contributed by atoms with van der Waals surface area (Å²) in [6.45, 7) is 2.44. The van der Waals surface area contributed by atoms with Crippen LogP contribution >= 0.6 is 0 Å². The van der Waals surface area contributed by atoms with Crippen molar-refractivity contribution in [2.75, 3.05) is 12.3 Å². The number of benzene rings is 1. The molecule has 0 bridgehead atoms. The Morgan fingerprint density at radius 1 is 1.60 bits per heavy atom. The van der Waals surface area contributed by atoms with Crippen molar-refractivity contribution in [2.45, 2.75) is 6.92 Å². The lowest BCUT2D eigenvalue weighted by molar-refractivity contribution is 0.0952. The Hall–Kier alpha value is -2.04. The third-order valence-corrected chi connectivity index (χ3v) is 2.14. The highest BCUT2D eigenvalue weighted by Gasteiger charge is 2.12. The minimum absolute atomic E-state index is 0.186. The first-order valence-electron chi connectivity index (χ1n) is 4.74. The standard InChI is InChI=1S/C10H12N4O/c1-2-12-10(15)9-7-5-6(11)3-4-8(7)13-14-9/h3-5H,2,11H2,1H3,(H,12,15)(H,13,14). The van der Waals surface area contributed by atoms with E-state index < -0.39 is 0 Å². The number of H-pyrrole nitrogens is 1. The zero-order valence-corrected chi connectivity index (χ0v) is 8.37. The highest BCUT2D eigenvalue weighted by molar-refractivity contribution is 6.05. The summed E-state index contributed by atoms with van der Waals surface area (Å²) in [6, 6.07) is 5.31. The van der Waals surface area contributed by atoms with Crippen LogP contribution in [0.1, 0.15) is 17.4 Å². The van der Waals surface area contributed by atoms with Crippen molar-refractivity contribution in [1.29, 1.82) is 0 Å². The van der Waals surface area contributed by atoms with Crippen molar-refractivity contribution in [3.05, 3.63) is 23.9 Å². The first-order valence-corrected chi connectivity index (χ1v) is 4.74. The zero-order chi connectivity index (χ0) is 10.8. The monoisotopic (exact) mass is 204 g/mol. The molecule has 4 N–H and O–H groups in total. The maximum Gasteiger partial charge on any atom is 0.272 e. The first-order chi connectivity index (χ1) is 7.22. The van der Waals surface area contributed by atoms with E-state index >= 15 is 0 Å². The van der Waals surface area contributed by atoms with Gasteiger partial charge in [0.2, 0.25) is 0 Å². The highest BCUT2D eigenvalue weighted by Crippen LogP contribution is 2.18. The van der Waals surface area contributed by atoms with Crippen LogP contribution in [0.5, 0.6) is 0 Å². The van der Waals surface area contributed by atoms with E-state index in [2.05, 4.69) is 15.5 Å². The van der Waals surface area contributed by atoms with E-state index in [0.29, 0.717) is 17.9 Å². The van der Waals surface area contributed by atoms with Crippen molar-refractivity contribution in [2.24, 2.45) is 0 Å². The van der Waals surface area contributed by atoms with Gasteiger partial charge in [0.15, 0.2) is 5.69 Å². The number of anilines is 1. The fourth-order valence-electron chi connectivity index (χ4n) is 1.45. The number of carbonyl (C=O) groups excluding carboxylic acids is 1. The highest BCUT2D eigenvalue weighted by atomic mass is 16.1. The molecule has 0 aliphatic rings. The minimum Gasteiger partial charge on any atom is -0.399 e. The average Bonchev–Trinajstić information content (AvgIpc) is 2.60. The summed E-state index contributed by atoms with van der Waals surface area (Å²) in [5, 5.41) is 10.2. The van der Waals surface area contributed by atoms with Crippen molar-refractivity contribution >= 4 is 22.5 Å². The third-order valence-electron chi connectivity index (χ3n) is 2.14. The molecule has 2 rings (SSSR count). The number of nitrogens with two attached hydrogens (primary N) is 1. The summed E-state index contributed by atoms with van der Waals surface area (Å²) in [5.41, 5.74) is 7.47. The lowest BCUT2D eigenvalue weighted by Gasteiger charge is -1.98. The van der Waals surface area contributed by atoms with Gasteiger partial charge in [0.05, 0.1) is 5.52 Å². The van der Waals surface area contributed by atoms with Gasteiger partial charge in [0.25, 0.3) is 5.91 Å². The van der Waals surface area contributed by atoms with Crippen molar-refractivity contribution in [3.8, 4) is 0 Å². The van der Waals surface area contributed by atoms with Gasteiger partial charge in [-0.25, -0.2) is 0 Å². The summed E-state index contributed by atoms with van der Waals surface area (Å²) in [6.07, 6.45) is 0. The van der Waals surface area contributed by atoms with Gasteiger partial charge >= 0.3 is 0 Å². The maximum absolute atomic E-state index is 11.6. The Bertz CT molecular complexity index is 503. The van der Waals surface area contributed by atoms with Crippen LogP contribution in [0.4, 0.5) is 5.69 Å². The topological polar surface area (TPSA) is 83.8 Å². The Labute approximate surface area is 86.7 Å². The Balaban J connectivity index is 2.52. The molecule has 0 spiro atoms. The number of aromatic amines is 1. The number of amides is 1. The van der Waals surface area contributed by atoms with Crippen LogP contribution in [0.2, 0.25) is 0 Å². The molecular weight excluding hydrogens is 192 g/mol. The number of hydrogen-bond donors (Lipinski definition) is 3. The smallest absolute Gasteiger partial charge is 0.272 e. The predicted octanol–water partition coefficient (Wildman–Crippen LogP) is 0.895. The van der Waals surface area contributed by atoms with Crippen LogP contribution in [-0.2, 0) is 0 Å². The molecule has 0 aliphatic carbocycles. The molecule has 0 atom stereocenters. The molecule has 15 heavy (non-hydrogen) atoms. The first kappa shape index (κ1) is 9.51. The van der Waals surface area contributed by atoms with Crippen LogP contribution in [0.15, 0.2) is 18.2 Å². The van der Waals surface area contributed by atoms with Crippen LogP contribution in [0, 0.1) is 0 Å². The van der Waals surface area contributed by atoms with Crippen LogP contribution in [-0.4, -0.2) is 22.6 Å². The molecule has 0 aliphatic heterocycles. The van der Waals surface area contributed by atoms with E-state index in [-0.39, 0.29) is 5.91 Å². The van der Waals surface area contributed by atoms with Gasteiger partial charge in [-0.05, 0) is 25.1 Å². The molecule has 0 radical (unpaired) electrons. The van der Waals surface area contributed by atoms with Gasteiger partial charge in [0, 0.05) is 17.6 Å². The normalized spacial score (nSPS) is 10.5. The van der Waals surface area contributed by atoms with E-state index in [1.54, 1.807) is 18.2 Å². The maximum atomic E-state index is 11.6. The molecule has 1 heterocycles. The van der Waals surface area contributed by atoms with E-state index in [1.807, 2.05) is 6.92 Å². The molecule has 1 aromatic heterocycles. The van der Waals surface area contributed by atoms with Crippen molar-refractivity contribution in [3.63, 3.8) is 0 Å². The van der Waals surface area contributed by atoms with E-state index in [1.165, 1.54) is 0 Å². The number of nitrogens with zero attached hydrogens (tertiary/aromatic N) is 1. The largest absolute Gasteiger partial charge is 0.399 e.